The molecule has 0 spiro atoms. The van der Waals surface area contributed by atoms with Gasteiger partial charge in [0.2, 0.25) is 5.91 Å². The second kappa shape index (κ2) is 9.84. The third kappa shape index (κ3) is 5.89. The van der Waals surface area contributed by atoms with Gasteiger partial charge in [-0.25, -0.2) is 4.79 Å². The summed E-state index contributed by atoms with van der Waals surface area (Å²) in [6.45, 7) is 1.78. The van der Waals surface area contributed by atoms with E-state index >= 15 is 0 Å². The fourth-order valence-electron chi connectivity index (χ4n) is 3.30. The summed E-state index contributed by atoms with van der Waals surface area (Å²) in [6, 6.07) is 15.9. The number of anilines is 1. The van der Waals surface area contributed by atoms with Crippen molar-refractivity contribution in [3.05, 3.63) is 65.7 Å². The molecule has 1 fully saturated rings. The third-order valence-electron chi connectivity index (χ3n) is 4.92. The molecule has 2 N–H and O–H groups in total. The molecule has 7 nitrogen and oxygen atoms in total. The number of carbonyl (C=O) groups excluding carboxylic acids is 3. The first-order valence-electron chi connectivity index (χ1n) is 9.61. The van der Waals surface area contributed by atoms with Gasteiger partial charge in [-0.2, -0.15) is 0 Å². The molecule has 152 valence electrons. The number of ether oxygens (including phenoxy) is 1. The zero-order valence-electron chi connectivity index (χ0n) is 16.4. The van der Waals surface area contributed by atoms with Gasteiger partial charge in [-0.1, -0.05) is 18.2 Å². The number of esters is 1. The molecule has 0 atom stereocenters. The van der Waals surface area contributed by atoms with Crippen molar-refractivity contribution in [3.63, 3.8) is 0 Å². The average molecular weight is 395 g/mol. The van der Waals surface area contributed by atoms with Crippen LogP contribution in [0.2, 0.25) is 0 Å². The predicted octanol–water partition coefficient (Wildman–Crippen LogP) is 2.31. The van der Waals surface area contributed by atoms with Crippen LogP contribution in [-0.2, 0) is 9.53 Å². The number of hydrogen-bond acceptors (Lipinski definition) is 5. The molecule has 2 aromatic rings. The van der Waals surface area contributed by atoms with Crippen molar-refractivity contribution in [2.75, 3.05) is 32.1 Å². The minimum atomic E-state index is -0.412. The summed E-state index contributed by atoms with van der Waals surface area (Å²) >= 11 is 0. The van der Waals surface area contributed by atoms with E-state index in [4.69, 9.17) is 0 Å². The zero-order valence-corrected chi connectivity index (χ0v) is 16.4. The van der Waals surface area contributed by atoms with Crippen molar-refractivity contribution in [1.29, 1.82) is 0 Å². The van der Waals surface area contributed by atoms with E-state index in [-0.39, 0.29) is 24.4 Å². The number of likely N-dealkylation sites (tertiary alicyclic amines) is 1. The molecular weight excluding hydrogens is 370 g/mol. The first-order valence-corrected chi connectivity index (χ1v) is 9.61. The summed E-state index contributed by atoms with van der Waals surface area (Å²) in [6.07, 6.45) is 1.61. The second-order valence-corrected chi connectivity index (χ2v) is 7.01. The molecule has 0 aromatic heterocycles. The number of piperidine rings is 1. The van der Waals surface area contributed by atoms with E-state index in [0.29, 0.717) is 16.8 Å². The van der Waals surface area contributed by atoms with Gasteiger partial charge in [0.25, 0.3) is 5.91 Å². The van der Waals surface area contributed by atoms with E-state index in [1.54, 1.807) is 36.4 Å². The molecule has 1 aliphatic rings. The highest BCUT2D eigenvalue weighted by Crippen LogP contribution is 2.13. The number of rotatable bonds is 6. The fraction of sp³-hybridized carbons (Fsp3) is 0.318. The summed E-state index contributed by atoms with van der Waals surface area (Å²) in [5.74, 6) is -0.579. The number of benzene rings is 2. The van der Waals surface area contributed by atoms with Crippen molar-refractivity contribution in [3.8, 4) is 0 Å². The number of nitrogens with one attached hydrogen (secondary N) is 2. The van der Waals surface area contributed by atoms with Gasteiger partial charge >= 0.3 is 5.97 Å². The van der Waals surface area contributed by atoms with Crippen LogP contribution in [0, 0.1) is 0 Å². The molecule has 0 unspecified atom stereocenters. The van der Waals surface area contributed by atoms with E-state index in [0.717, 1.165) is 25.9 Å². The molecule has 2 aromatic carbocycles. The van der Waals surface area contributed by atoms with Crippen LogP contribution in [0.25, 0.3) is 0 Å². The lowest BCUT2D eigenvalue weighted by molar-refractivity contribution is -0.117. The van der Waals surface area contributed by atoms with Crippen LogP contribution in [0.5, 0.6) is 0 Å². The van der Waals surface area contributed by atoms with Crippen LogP contribution in [0.15, 0.2) is 54.6 Å². The maximum absolute atomic E-state index is 12.3. The Morgan fingerprint density at radius 3 is 2.24 bits per heavy atom. The molecule has 0 aliphatic carbocycles. The number of hydrogen-bond donors (Lipinski definition) is 2. The van der Waals surface area contributed by atoms with Gasteiger partial charge in [-0.05, 0) is 49.2 Å². The Bertz CT molecular complexity index is 844. The van der Waals surface area contributed by atoms with Gasteiger partial charge in [-0.3, -0.25) is 14.5 Å². The van der Waals surface area contributed by atoms with E-state index in [1.807, 2.05) is 18.2 Å². The van der Waals surface area contributed by atoms with Gasteiger partial charge in [0.1, 0.15) is 0 Å². The van der Waals surface area contributed by atoms with Gasteiger partial charge in [0.15, 0.2) is 0 Å². The number of carbonyl (C=O) groups is 3. The van der Waals surface area contributed by atoms with Crippen LogP contribution in [0.4, 0.5) is 5.69 Å². The lowest BCUT2D eigenvalue weighted by atomic mass is 10.0. The molecule has 0 radical (unpaired) electrons. The molecule has 1 heterocycles. The quantitative estimate of drug-likeness (QED) is 0.733. The van der Waals surface area contributed by atoms with Gasteiger partial charge in [0, 0.05) is 30.4 Å². The molecule has 0 saturated carbocycles. The van der Waals surface area contributed by atoms with E-state index < -0.39 is 5.97 Å². The van der Waals surface area contributed by atoms with Crippen LogP contribution >= 0.6 is 0 Å². The lowest BCUT2D eigenvalue weighted by Crippen LogP contribution is -2.46. The van der Waals surface area contributed by atoms with Crippen LogP contribution < -0.4 is 10.6 Å². The monoisotopic (exact) mass is 395 g/mol. The molecule has 29 heavy (non-hydrogen) atoms. The predicted molar refractivity (Wildman–Crippen MR) is 110 cm³/mol. The molecule has 3 rings (SSSR count). The molecule has 2 amide bonds. The summed E-state index contributed by atoms with van der Waals surface area (Å²) in [5.41, 5.74) is 1.73. The standard InChI is InChI=1S/C22H25N3O4/c1-29-22(28)17-7-9-18(10-8-17)23-20(26)15-25-13-11-19(12-14-25)24-21(27)16-5-3-2-4-6-16/h2-10,19H,11-15H2,1H3,(H,23,26)(H,24,27). The maximum Gasteiger partial charge on any atom is 0.337 e. The molecule has 7 heteroatoms. The number of methoxy groups -OCH3 is 1. The van der Waals surface area contributed by atoms with Crippen LogP contribution in [0.1, 0.15) is 33.6 Å². The van der Waals surface area contributed by atoms with Gasteiger partial charge in [0.05, 0.1) is 19.2 Å². The van der Waals surface area contributed by atoms with Crippen molar-refractivity contribution < 1.29 is 19.1 Å². The largest absolute Gasteiger partial charge is 0.465 e. The van der Waals surface area contributed by atoms with Crippen molar-refractivity contribution in [1.82, 2.24) is 10.2 Å². The van der Waals surface area contributed by atoms with Gasteiger partial charge in [-0.15, -0.1) is 0 Å². The number of nitrogens with zero attached hydrogens (tertiary/aromatic N) is 1. The fourth-order valence-corrected chi connectivity index (χ4v) is 3.30. The molecular formula is C22H25N3O4. The Kier molecular flexibility index (Phi) is 6.97. The topological polar surface area (TPSA) is 87.7 Å². The van der Waals surface area contributed by atoms with Gasteiger partial charge < -0.3 is 15.4 Å². The maximum atomic E-state index is 12.3. The zero-order chi connectivity index (χ0) is 20.6. The Morgan fingerprint density at radius 2 is 1.62 bits per heavy atom. The summed E-state index contributed by atoms with van der Waals surface area (Å²) in [4.78, 5) is 38.0. The Balaban J connectivity index is 1.41. The highest BCUT2D eigenvalue weighted by atomic mass is 16.5. The Morgan fingerprint density at radius 1 is 0.966 bits per heavy atom. The van der Waals surface area contributed by atoms with Crippen molar-refractivity contribution in [2.24, 2.45) is 0 Å². The summed E-state index contributed by atoms with van der Waals surface area (Å²) in [7, 11) is 1.33. The smallest absolute Gasteiger partial charge is 0.337 e. The van der Waals surface area contributed by atoms with Crippen LogP contribution in [-0.4, -0.2) is 55.5 Å². The SMILES string of the molecule is COC(=O)c1ccc(NC(=O)CN2CCC(NC(=O)c3ccccc3)CC2)cc1. The molecule has 1 saturated heterocycles. The summed E-state index contributed by atoms with van der Waals surface area (Å²) < 4.78 is 4.66. The Labute approximate surface area is 170 Å². The van der Waals surface area contributed by atoms with Crippen LogP contribution in [0.3, 0.4) is 0 Å². The lowest BCUT2D eigenvalue weighted by Gasteiger charge is -2.31. The highest BCUT2D eigenvalue weighted by molar-refractivity contribution is 5.94. The highest BCUT2D eigenvalue weighted by Gasteiger charge is 2.22. The van der Waals surface area contributed by atoms with E-state index in [9.17, 15) is 14.4 Å². The molecule has 1 aliphatic heterocycles. The summed E-state index contributed by atoms with van der Waals surface area (Å²) in [5, 5.41) is 5.90. The normalized spacial score (nSPS) is 14.8. The van der Waals surface area contributed by atoms with Crippen molar-refractivity contribution in [2.45, 2.75) is 18.9 Å². The Hall–Kier alpha value is -3.19. The second-order valence-electron chi connectivity index (χ2n) is 7.01. The minimum Gasteiger partial charge on any atom is -0.465 e. The molecule has 0 bridgehead atoms. The first-order chi connectivity index (χ1) is 14.0. The number of amides is 2. The average Bonchev–Trinajstić information content (AvgIpc) is 2.75. The van der Waals surface area contributed by atoms with E-state index in [1.165, 1.54) is 7.11 Å². The minimum absolute atomic E-state index is 0.0582. The first kappa shape index (κ1) is 20.5. The van der Waals surface area contributed by atoms with Crippen molar-refractivity contribution >= 4 is 23.5 Å². The van der Waals surface area contributed by atoms with E-state index in [2.05, 4.69) is 20.3 Å². The third-order valence-corrected chi connectivity index (χ3v) is 4.92.